The Bertz CT molecular complexity index is 478. The Balaban J connectivity index is 2.59. The first kappa shape index (κ1) is 17.5. The van der Waals surface area contributed by atoms with E-state index in [1.165, 1.54) is 0 Å². The fourth-order valence-corrected chi connectivity index (χ4v) is 2.49. The summed E-state index contributed by atoms with van der Waals surface area (Å²) in [4.78, 5) is 12.1. The molecule has 0 fully saturated rings. The number of hydrogen-bond donors (Lipinski definition) is 3. The summed E-state index contributed by atoms with van der Waals surface area (Å²) in [5.74, 6) is 0.488. The van der Waals surface area contributed by atoms with Crippen LogP contribution in [0.2, 0.25) is 0 Å². The monoisotopic (exact) mass is 292 g/mol. The third-order valence-electron chi connectivity index (χ3n) is 3.97. The lowest BCUT2D eigenvalue weighted by Crippen LogP contribution is -2.25. The van der Waals surface area contributed by atoms with Crippen molar-refractivity contribution in [1.29, 1.82) is 0 Å². The molecule has 1 amide bonds. The number of carbonyl (C=O) groups excluding carboxylic acids is 1. The second-order valence-electron chi connectivity index (χ2n) is 6.70. The zero-order chi connectivity index (χ0) is 16.0. The van der Waals surface area contributed by atoms with Crippen LogP contribution in [0.25, 0.3) is 0 Å². The van der Waals surface area contributed by atoms with Crippen LogP contribution in [-0.4, -0.2) is 17.6 Å². The van der Waals surface area contributed by atoms with Gasteiger partial charge in [-0.25, -0.2) is 0 Å². The number of phenolic OH excluding ortho intramolecular Hbond substituents is 1. The minimum atomic E-state index is -0.0674. The summed E-state index contributed by atoms with van der Waals surface area (Å²) in [6, 6.07) is 5.33. The first-order valence-corrected chi connectivity index (χ1v) is 7.54. The second kappa shape index (κ2) is 7.46. The van der Waals surface area contributed by atoms with E-state index < -0.39 is 0 Å². The van der Waals surface area contributed by atoms with E-state index in [4.69, 9.17) is 5.73 Å². The summed E-state index contributed by atoms with van der Waals surface area (Å²) in [6.45, 7) is 8.98. The van der Waals surface area contributed by atoms with Gasteiger partial charge in [-0.15, -0.1) is 0 Å². The highest BCUT2D eigenvalue weighted by atomic mass is 16.3. The number of phenols is 1. The van der Waals surface area contributed by atoms with Crippen molar-refractivity contribution in [2.24, 2.45) is 17.1 Å². The van der Waals surface area contributed by atoms with Crippen LogP contribution in [0.5, 0.6) is 5.75 Å². The molecule has 0 aliphatic heterocycles. The average molecular weight is 292 g/mol. The van der Waals surface area contributed by atoms with Crippen LogP contribution in [-0.2, 0) is 4.79 Å². The van der Waals surface area contributed by atoms with Gasteiger partial charge in [-0.05, 0) is 49.3 Å². The molecule has 0 aliphatic carbocycles. The fourth-order valence-electron chi connectivity index (χ4n) is 2.49. The minimum Gasteiger partial charge on any atom is -0.505 e. The SMILES string of the molecule is Cc1cccc(NC(=O)CCC(CCN)C(C)(C)C)c1O. The van der Waals surface area contributed by atoms with Crippen LogP contribution >= 0.6 is 0 Å². The van der Waals surface area contributed by atoms with Crippen molar-refractivity contribution in [2.45, 2.75) is 47.0 Å². The number of nitrogens with two attached hydrogens (primary N) is 1. The first-order chi connectivity index (χ1) is 9.75. The van der Waals surface area contributed by atoms with E-state index in [1.54, 1.807) is 6.07 Å². The Labute approximate surface area is 127 Å². The van der Waals surface area contributed by atoms with Gasteiger partial charge in [-0.2, -0.15) is 0 Å². The highest BCUT2D eigenvalue weighted by molar-refractivity contribution is 5.92. The number of benzene rings is 1. The molecule has 0 aromatic heterocycles. The summed E-state index contributed by atoms with van der Waals surface area (Å²) in [7, 11) is 0. The number of nitrogens with one attached hydrogen (secondary N) is 1. The molecule has 0 aliphatic rings. The zero-order valence-corrected chi connectivity index (χ0v) is 13.6. The fraction of sp³-hybridized carbons (Fsp3) is 0.588. The van der Waals surface area contributed by atoms with Gasteiger partial charge in [0.1, 0.15) is 5.75 Å². The van der Waals surface area contributed by atoms with Crippen molar-refractivity contribution in [3.05, 3.63) is 23.8 Å². The maximum atomic E-state index is 12.1. The lowest BCUT2D eigenvalue weighted by Gasteiger charge is -2.30. The average Bonchev–Trinajstić information content (AvgIpc) is 2.38. The smallest absolute Gasteiger partial charge is 0.224 e. The molecule has 4 heteroatoms. The number of carbonyl (C=O) groups is 1. The van der Waals surface area contributed by atoms with Gasteiger partial charge < -0.3 is 16.2 Å². The molecule has 0 bridgehead atoms. The summed E-state index contributed by atoms with van der Waals surface area (Å²) >= 11 is 0. The molecule has 0 saturated carbocycles. The molecule has 1 aromatic rings. The van der Waals surface area contributed by atoms with Gasteiger partial charge in [-0.1, -0.05) is 32.9 Å². The van der Waals surface area contributed by atoms with Crippen molar-refractivity contribution in [2.75, 3.05) is 11.9 Å². The van der Waals surface area contributed by atoms with Crippen LogP contribution in [0, 0.1) is 18.3 Å². The van der Waals surface area contributed by atoms with E-state index in [0.29, 0.717) is 24.6 Å². The first-order valence-electron chi connectivity index (χ1n) is 7.54. The molecule has 0 spiro atoms. The Kier molecular flexibility index (Phi) is 6.21. The Morgan fingerprint density at radius 3 is 2.57 bits per heavy atom. The molecule has 0 heterocycles. The number of aryl methyl sites for hydroxylation is 1. The van der Waals surface area contributed by atoms with E-state index in [-0.39, 0.29) is 17.1 Å². The van der Waals surface area contributed by atoms with E-state index in [2.05, 4.69) is 26.1 Å². The van der Waals surface area contributed by atoms with Crippen molar-refractivity contribution >= 4 is 11.6 Å². The molecule has 4 N–H and O–H groups in total. The number of para-hydroxylation sites is 1. The minimum absolute atomic E-state index is 0.0674. The molecular formula is C17H28N2O2. The number of rotatable bonds is 6. The Morgan fingerprint density at radius 2 is 2.00 bits per heavy atom. The second-order valence-corrected chi connectivity index (χ2v) is 6.70. The lowest BCUT2D eigenvalue weighted by molar-refractivity contribution is -0.116. The molecule has 118 valence electrons. The van der Waals surface area contributed by atoms with E-state index in [9.17, 15) is 9.90 Å². The predicted molar refractivity (Wildman–Crippen MR) is 87.3 cm³/mol. The molecule has 1 atom stereocenters. The van der Waals surface area contributed by atoms with Gasteiger partial charge >= 0.3 is 0 Å². The molecule has 21 heavy (non-hydrogen) atoms. The molecule has 0 radical (unpaired) electrons. The lowest BCUT2D eigenvalue weighted by atomic mass is 9.76. The highest BCUT2D eigenvalue weighted by Crippen LogP contribution is 2.32. The third-order valence-corrected chi connectivity index (χ3v) is 3.97. The van der Waals surface area contributed by atoms with Crippen LogP contribution in [0.3, 0.4) is 0 Å². The molecular weight excluding hydrogens is 264 g/mol. The van der Waals surface area contributed by atoms with E-state index in [1.807, 2.05) is 19.1 Å². The zero-order valence-electron chi connectivity index (χ0n) is 13.6. The summed E-state index contributed by atoms with van der Waals surface area (Å²) in [6.07, 6.45) is 2.17. The number of anilines is 1. The predicted octanol–water partition coefficient (Wildman–Crippen LogP) is 3.43. The normalized spacial score (nSPS) is 13.0. The summed E-state index contributed by atoms with van der Waals surface area (Å²) < 4.78 is 0. The number of aromatic hydroxyl groups is 1. The van der Waals surface area contributed by atoms with Gasteiger partial charge in [0.05, 0.1) is 5.69 Å². The number of amides is 1. The van der Waals surface area contributed by atoms with Crippen molar-refractivity contribution in [3.8, 4) is 5.75 Å². The quantitative estimate of drug-likeness (QED) is 0.703. The van der Waals surface area contributed by atoms with Crippen molar-refractivity contribution in [1.82, 2.24) is 0 Å². The molecule has 0 saturated heterocycles. The van der Waals surface area contributed by atoms with Gasteiger partial charge in [0.15, 0.2) is 0 Å². The van der Waals surface area contributed by atoms with Crippen molar-refractivity contribution in [3.63, 3.8) is 0 Å². The standard InChI is InChI=1S/C17H28N2O2/c1-12-6-5-7-14(16(12)21)19-15(20)9-8-13(10-11-18)17(2,3)4/h5-7,13,21H,8-11,18H2,1-4H3,(H,19,20). The van der Waals surface area contributed by atoms with Crippen LogP contribution in [0.1, 0.15) is 45.6 Å². The maximum Gasteiger partial charge on any atom is 0.224 e. The largest absolute Gasteiger partial charge is 0.505 e. The van der Waals surface area contributed by atoms with Gasteiger partial charge in [-0.3, -0.25) is 4.79 Å². The Hall–Kier alpha value is -1.55. The van der Waals surface area contributed by atoms with Crippen molar-refractivity contribution < 1.29 is 9.90 Å². The summed E-state index contributed by atoms with van der Waals surface area (Å²) in [5, 5.41) is 12.7. The molecule has 1 unspecified atom stereocenters. The maximum absolute atomic E-state index is 12.1. The molecule has 1 rings (SSSR count). The Morgan fingerprint density at radius 1 is 1.33 bits per heavy atom. The van der Waals surface area contributed by atoms with Gasteiger partial charge in [0.2, 0.25) is 5.91 Å². The molecule has 1 aromatic carbocycles. The van der Waals surface area contributed by atoms with Crippen LogP contribution in [0.15, 0.2) is 18.2 Å². The van der Waals surface area contributed by atoms with Gasteiger partial charge in [0, 0.05) is 6.42 Å². The topological polar surface area (TPSA) is 75.4 Å². The molecule has 4 nitrogen and oxygen atoms in total. The van der Waals surface area contributed by atoms with Crippen LogP contribution < -0.4 is 11.1 Å². The highest BCUT2D eigenvalue weighted by Gasteiger charge is 2.24. The third kappa shape index (κ3) is 5.38. The van der Waals surface area contributed by atoms with Crippen LogP contribution in [0.4, 0.5) is 5.69 Å². The van der Waals surface area contributed by atoms with E-state index in [0.717, 1.165) is 18.4 Å². The van der Waals surface area contributed by atoms with E-state index >= 15 is 0 Å². The summed E-state index contributed by atoms with van der Waals surface area (Å²) in [5.41, 5.74) is 7.03. The number of hydrogen-bond acceptors (Lipinski definition) is 3. The van der Waals surface area contributed by atoms with Gasteiger partial charge in [0.25, 0.3) is 0 Å².